The van der Waals surface area contributed by atoms with Gasteiger partial charge in [0.2, 0.25) is 0 Å². The van der Waals surface area contributed by atoms with Gasteiger partial charge in [-0.15, -0.1) is 0 Å². The molecule has 0 amide bonds. The maximum Gasteiger partial charge on any atom is 0.188 e. The van der Waals surface area contributed by atoms with E-state index in [1.807, 2.05) is 18.9 Å². The van der Waals surface area contributed by atoms with E-state index >= 15 is 0 Å². The van der Waals surface area contributed by atoms with Gasteiger partial charge in [0.15, 0.2) is 24.1 Å². The molecule has 37 heavy (non-hydrogen) atoms. The minimum atomic E-state index is -2.13. The normalized spacial score (nSPS) is 24.2. The van der Waals surface area contributed by atoms with Crippen LogP contribution in [0.3, 0.4) is 0 Å². The van der Waals surface area contributed by atoms with Crippen LogP contribution in [0.25, 0.3) is 0 Å². The fourth-order valence-corrected chi connectivity index (χ4v) is 4.35. The summed E-state index contributed by atoms with van der Waals surface area (Å²) in [6.07, 6.45) is 7.72. The van der Waals surface area contributed by atoms with Crippen LogP contribution >= 0.6 is 24.1 Å². The monoisotopic (exact) mass is 813 g/mol. The van der Waals surface area contributed by atoms with Crippen LogP contribution < -0.4 is 0 Å². The van der Waals surface area contributed by atoms with E-state index in [-0.39, 0.29) is 128 Å². The average molecular weight is 813 g/mol. The summed E-state index contributed by atoms with van der Waals surface area (Å²) in [4.78, 5) is 7.60. The summed E-state index contributed by atoms with van der Waals surface area (Å²) >= 11 is 0. The fourth-order valence-electron chi connectivity index (χ4n) is 3.03. The molecule has 7 atom stereocenters. The molecule has 0 aromatic heterocycles. The molecule has 10 nitrogen and oxygen atoms in total. The summed E-state index contributed by atoms with van der Waals surface area (Å²) in [6.45, 7) is 4.42. The van der Waals surface area contributed by atoms with E-state index in [1.165, 1.54) is 6.66 Å². The summed E-state index contributed by atoms with van der Waals surface area (Å²) < 4.78 is 40.8. The van der Waals surface area contributed by atoms with Gasteiger partial charge in [-0.1, -0.05) is 18.2 Å². The smallest absolute Gasteiger partial charge is 0.188 e. The number of rotatable bonds is 4. The molecule has 7 unspecified atom stereocenters. The number of phenolic OH excluding ortho intramolecular Hbond substituents is 1. The Kier molecular flexibility index (Phi) is 42.4. The van der Waals surface area contributed by atoms with E-state index in [9.17, 15) is 23.9 Å². The van der Waals surface area contributed by atoms with Gasteiger partial charge in [0.05, 0.1) is 0 Å². The zero-order valence-electron chi connectivity index (χ0n) is 21.7. The van der Waals surface area contributed by atoms with E-state index in [0.29, 0.717) is 18.6 Å². The van der Waals surface area contributed by atoms with Gasteiger partial charge in [-0.25, -0.2) is 0 Å². The molecular formula is C21H41O10P3Y3-2. The molecule has 0 saturated heterocycles. The minimum Gasteiger partial charge on any atom is -0.508 e. The predicted octanol–water partition coefficient (Wildman–Crippen LogP) is 3.09. The van der Waals surface area contributed by atoms with Gasteiger partial charge in [-0.2, -0.15) is 25.7 Å². The van der Waals surface area contributed by atoms with Crippen LogP contribution in [0, 0.1) is 12.8 Å². The van der Waals surface area contributed by atoms with Crippen LogP contribution in [0.15, 0.2) is 30.3 Å². The second-order valence-corrected chi connectivity index (χ2v) is 11.1. The number of phenols is 1. The molecule has 2 fully saturated rings. The van der Waals surface area contributed by atoms with Crippen molar-refractivity contribution in [2.24, 2.45) is 0 Å². The molecule has 6 N–H and O–H groups in total. The quantitative estimate of drug-likeness (QED) is 0.263. The molecular weight excluding hydrogens is 772 g/mol. The third kappa shape index (κ3) is 34.9. The average Bonchev–Trinajstić information content (AvgIpc) is 2.68. The van der Waals surface area contributed by atoms with Gasteiger partial charge in [0.1, 0.15) is 5.75 Å². The number of hydrogen-bond donors (Lipinski definition) is 4. The molecule has 2 aliphatic carbocycles. The molecule has 0 bridgehead atoms. The largest absolute Gasteiger partial charge is 0.508 e. The molecule has 2 saturated carbocycles. The Morgan fingerprint density at radius 2 is 1.08 bits per heavy atom. The number of benzene rings is 1. The zero-order valence-corrected chi connectivity index (χ0v) is 33.2. The van der Waals surface area contributed by atoms with Crippen LogP contribution in [0.1, 0.15) is 38.5 Å². The van der Waals surface area contributed by atoms with Crippen molar-refractivity contribution in [2.75, 3.05) is 20.0 Å². The van der Waals surface area contributed by atoms with Crippen LogP contribution in [0.2, 0.25) is 0 Å². The Morgan fingerprint density at radius 1 is 0.757 bits per heavy atom. The second-order valence-electron chi connectivity index (χ2n) is 7.62. The van der Waals surface area contributed by atoms with Crippen molar-refractivity contribution in [3.63, 3.8) is 0 Å². The first-order chi connectivity index (χ1) is 15.5. The molecule has 3 radical (unpaired) electrons. The molecule has 1 aromatic carbocycles. The summed E-state index contributed by atoms with van der Waals surface area (Å²) in [5, 5.41) is 27.0. The zero-order chi connectivity index (χ0) is 25.2. The molecule has 2 aliphatic rings. The van der Waals surface area contributed by atoms with Crippen molar-refractivity contribution in [1.82, 2.24) is 0 Å². The SMILES string of the molecule is C[PH](=O)O.C[PH](=O)OC1C[CH-]CC(O)C1.C[PH](=O)OC1C[CH-]CC(O)C1.O.Oc1ccccc1.[Y].[Y].[Y]. The van der Waals surface area contributed by atoms with Gasteiger partial charge in [0.25, 0.3) is 0 Å². The first-order valence-corrected chi connectivity index (χ1v) is 16.3. The maximum absolute atomic E-state index is 10.7. The Labute approximate surface area is 298 Å². The summed E-state index contributed by atoms with van der Waals surface area (Å²) in [6, 6.07) is 8.71. The molecule has 0 spiro atoms. The van der Waals surface area contributed by atoms with E-state index in [0.717, 1.165) is 25.7 Å². The van der Waals surface area contributed by atoms with Crippen LogP contribution in [0.4, 0.5) is 0 Å². The fraction of sp³-hybridized carbons (Fsp3) is 0.619. The van der Waals surface area contributed by atoms with Crippen molar-refractivity contribution in [1.29, 1.82) is 0 Å². The van der Waals surface area contributed by atoms with Gasteiger partial charge < -0.3 is 47.6 Å². The molecule has 0 aliphatic heterocycles. The van der Waals surface area contributed by atoms with Crippen LogP contribution in [0.5, 0.6) is 5.75 Å². The third-order valence-electron chi connectivity index (χ3n) is 4.23. The van der Waals surface area contributed by atoms with Crippen molar-refractivity contribution in [3.05, 3.63) is 43.2 Å². The summed E-state index contributed by atoms with van der Waals surface area (Å²) in [5.41, 5.74) is 0. The topological polar surface area (TPSA) is 182 Å². The number of para-hydroxylation sites is 1. The van der Waals surface area contributed by atoms with Gasteiger partial charge in [-0.3, -0.25) is 13.7 Å². The van der Waals surface area contributed by atoms with Crippen molar-refractivity contribution in [3.8, 4) is 5.75 Å². The van der Waals surface area contributed by atoms with E-state index in [4.69, 9.17) is 19.0 Å². The molecule has 3 rings (SSSR count). The van der Waals surface area contributed by atoms with E-state index < -0.39 is 24.1 Å². The number of aromatic hydroxyl groups is 1. The third-order valence-corrected chi connectivity index (χ3v) is 5.56. The molecule has 211 valence electrons. The van der Waals surface area contributed by atoms with Crippen LogP contribution in [-0.4, -0.2) is 70.1 Å². The Bertz CT molecular complexity index is 670. The minimum absolute atomic E-state index is 0. The maximum atomic E-state index is 10.7. The van der Waals surface area contributed by atoms with E-state index in [1.54, 1.807) is 37.6 Å². The number of hydrogen-bond acceptors (Lipinski definition) is 8. The predicted molar refractivity (Wildman–Crippen MR) is 137 cm³/mol. The second kappa shape index (κ2) is 31.7. The Hall–Kier alpha value is 2.78. The van der Waals surface area contributed by atoms with Crippen molar-refractivity contribution in [2.45, 2.75) is 62.9 Å². The Morgan fingerprint density at radius 3 is 1.30 bits per heavy atom. The van der Waals surface area contributed by atoms with Crippen LogP contribution in [-0.2, 0) is 121 Å². The van der Waals surface area contributed by atoms with E-state index in [2.05, 4.69) is 0 Å². The standard InChI is InChI=1S/2C7H14O3P.C6H6O.CH5O2P.H2O.3Y/c2*1-11(9)10-7-4-2-3-6(8)5-7;7-6-4-2-1-3-5-6;1-4(2)3;;;;/h2*2,6-8,11H,3-5H2,1H3;1-5,7H;4H,1H3,(H,2,3);1H2;;;/q2*-1;;;;;;. The van der Waals surface area contributed by atoms with Gasteiger partial charge in [0, 0.05) is 143 Å². The van der Waals surface area contributed by atoms with Crippen molar-refractivity contribution < 1.29 is 147 Å². The summed E-state index contributed by atoms with van der Waals surface area (Å²) in [5.74, 6) is 0.322. The summed E-state index contributed by atoms with van der Waals surface area (Å²) in [7, 11) is -5.81. The Balaban J connectivity index is -0.000000125. The van der Waals surface area contributed by atoms with Gasteiger partial charge in [-0.05, 0) is 25.0 Å². The first-order valence-electron chi connectivity index (χ1n) is 10.8. The van der Waals surface area contributed by atoms with Gasteiger partial charge >= 0.3 is 0 Å². The molecule has 16 heteroatoms. The van der Waals surface area contributed by atoms with Crippen molar-refractivity contribution >= 4 is 24.1 Å². The number of aliphatic hydroxyl groups is 2. The first kappa shape index (κ1) is 49.5. The molecule has 1 aromatic rings. The number of aliphatic hydroxyl groups excluding tert-OH is 2. The molecule has 0 heterocycles.